The highest BCUT2D eigenvalue weighted by Crippen LogP contribution is 2.35. The molecule has 2 aromatic heterocycles. The largest absolute Gasteiger partial charge is 0.379 e. The third-order valence-electron chi connectivity index (χ3n) is 5.91. The molecule has 0 saturated carbocycles. The van der Waals surface area contributed by atoms with Crippen molar-refractivity contribution in [3.8, 4) is 0 Å². The maximum absolute atomic E-state index is 13.1. The van der Waals surface area contributed by atoms with Gasteiger partial charge in [-0.3, -0.25) is 4.79 Å². The van der Waals surface area contributed by atoms with Crippen LogP contribution in [0.3, 0.4) is 0 Å². The fourth-order valence-corrected chi connectivity index (χ4v) is 6.56. The number of aromatic nitrogens is 4. The maximum atomic E-state index is 13.1. The maximum Gasteiger partial charge on any atom is 0.258 e. The first kappa shape index (κ1) is 23.0. The highest BCUT2D eigenvalue weighted by atomic mass is 32.2. The van der Waals surface area contributed by atoms with Gasteiger partial charge in [0.15, 0.2) is 5.16 Å². The molecule has 9 nitrogen and oxygen atoms in total. The Balaban J connectivity index is 1.48. The molecule has 0 aliphatic carbocycles. The lowest BCUT2D eigenvalue weighted by Gasteiger charge is -2.26. The second-order valence-electron chi connectivity index (χ2n) is 8.03. The van der Waals surface area contributed by atoms with E-state index in [2.05, 4.69) is 9.97 Å². The van der Waals surface area contributed by atoms with Crippen molar-refractivity contribution in [3.63, 3.8) is 0 Å². The molecule has 1 saturated heterocycles. The van der Waals surface area contributed by atoms with E-state index in [-0.39, 0.29) is 15.7 Å². The SMILES string of the molecule is CCn1c(SC(C)c2nc3ccccc3c(=O)[nH]2)nc2cc(S(=O)(=O)N3CCOCC3)ccc21. The third-order valence-corrected chi connectivity index (χ3v) is 8.90. The number of nitrogens with one attached hydrogen (secondary N) is 1. The summed E-state index contributed by atoms with van der Waals surface area (Å²) in [5.74, 6) is 0.569. The summed E-state index contributed by atoms with van der Waals surface area (Å²) in [5.41, 5.74) is 1.95. The van der Waals surface area contributed by atoms with Gasteiger partial charge in [0, 0.05) is 19.6 Å². The highest BCUT2D eigenvalue weighted by molar-refractivity contribution is 7.99. The van der Waals surface area contributed by atoms with Crippen LogP contribution in [0.2, 0.25) is 0 Å². The Hall–Kier alpha value is -2.73. The number of aromatic amines is 1. The topological polar surface area (TPSA) is 110 Å². The van der Waals surface area contributed by atoms with Crippen LogP contribution in [-0.2, 0) is 21.3 Å². The predicted octanol–water partition coefficient (Wildman–Crippen LogP) is 3.17. The molecule has 4 aromatic rings. The van der Waals surface area contributed by atoms with Crippen LogP contribution in [0.1, 0.15) is 24.9 Å². The summed E-state index contributed by atoms with van der Waals surface area (Å²) >= 11 is 1.48. The Morgan fingerprint density at radius 3 is 2.65 bits per heavy atom. The molecule has 1 aliphatic rings. The molecule has 1 aliphatic heterocycles. The number of hydrogen-bond donors (Lipinski definition) is 1. The normalized spacial score (nSPS) is 16.3. The van der Waals surface area contributed by atoms with Crippen LogP contribution in [0, 0.1) is 0 Å². The number of aryl methyl sites for hydroxylation is 1. The van der Waals surface area contributed by atoms with E-state index in [0.717, 1.165) is 10.7 Å². The van der Waals surface area contributed by atoms with Crippen molar-refractivity contribution in [2.45, 2.75) is 35.7 Å². The Bertz CT molecular complexity index is 1520. The first-order valence-corrected chi connectivity index (χ1v) is 13.4. The summed E-state index contributed by atoms with van der Waals surface area (Å²) in [6.07, 6.45) is 0. The van der Waals surface area contributed by atoms with Gasteiger partial charge in [0.25, 0.3) is 5.56 Å². The highest BCUT2D eigenvalue weighted by Gasteiger charge is 2.27. The van der Waals surface area contributed by atoms with Gasteiger partial charge in [-0.25, -0.2) is 18.4 Å². The fraction of sp³-hybridized carbons (Fsp3) is 0.348. The van der Waals surface area contributed by atoms with Gasteiger partial charge in [-0.05, 0) is 44.2 Å². The molecule has 0 radical (unpaired) electrons. The van der Waals surface area contributed by atoms with E-state index in [1.807, 2.05) is 42.7 Å². The number of morpholine rings is 1. The van der Waals surface area contributed by atoms with Crippen molar-refractivity contribution in [3.05, 3.63) is 58.6 Å². The van der Waals surface area contributed by atoms with Gasteiger partial charge in [0.1, 0.15) is 5.82 Å². The number of H-pyrrole nitrogens is 1. The molecule has 1 fully saturated rings. The van der Waals surface area contributed by atoms with Crippen LogP contribution in [0.25, 0.3) is 21.9 Å². The third kappa shape index (κ3) is 4.13. The number of rotatable bonds is 6. The van der Waals surface area contributed by atoms with Gasteiger partial charge in [-0.2, -0.15) is 4.31 Å². The monoisotopic (exact) mass is 499 g/mol. The minimum atomic E-state index is -3.61. The summed E-state index contributed by atoms with van der Waals surface area (Å²) < 4.78 is 34.9. The summed E-state index contributed by atoms with van der Waals surface area (Å²) in [5, 5.41) is 1.12. The van der Waals surface area contributed by atoms with Gasteiger partial charge < -0.3 is 14.3 Å². The number of fused-ring (bicyclic) bond motifs is 2. The van der Waals surface area contributed by atoms with Crippen LogP contribution in [0.5, 0.6) is 0 Å². The minimum Gasteiger partial charge on any atom is -0.379 e. The van der Waals surface area contributed by atoms with Crippen molar-refractivity contribution in [2.24, 2.45) is 0 Å². The standard InChI is InChI=1S/C23H25N5O4S2/c1-3-28-20-9-8-16(34(30,31)27-10-12-32-13-11-27)14-19(20)25-23(28)33-15(2)21-24-18-7-5-4-6-17(18)22(29)26-21/h4-9,14-15H,3,10-13H2,1-2H3,(H,24,26,29). The summed E-state index contributed by atoms with van der Waals surface area (Å²) in [6, 6.07) is 12.3. The zero-order valence-electron chi connectivity index (χ0n) is 18.9. The summed E-state index contributed by atoms with van der Waals surface area (Å²) in [4.78, 5) is 25.0. The smallest absolute Gasteiger partial charge is 0.258 e. The van der Waals surface area contributed by atoms with Gasteiger partial charge in [-0.15, -0.1) is 0 Å². The molecule has 1 N–H and O–H groups in total. The van der Waals surface area contributed by atoms with Crippen molar-refractivity contribution in [1.29, 1.82) is 0 Å². The number of sulfonamides is 1. The average molecular weight is 500 g/mol. The van der Waals surface area contributed by atoms with Crippen LogP contribution in [0.4, 0.5) is 0 Å². The molecule has 1 atom stereocenters. The van der Waals surface area contributed by atoms with Crippen molar-refractivity contribution < 1.29 is 13.2 Å². The number of ether oxygens (including phenoxy) is 1. The van der Waals surface area contributed by atoms with Crippen molar-refractivity contribution >= 4 is 43.7 Å². The number of nitrogens with zero attached hydrogens (tertiary/aromatic N) is 4. The average Bonchev–Trinajstić information content (AvgIpc) is 3.20. The first-order valence-electron chi connectivity index (χ1n) is 11.1. The number of para-hydroxylation sites is 1. The number of benzene rings is 2. The Morgan fingerprint density at radius 1 is 1.12 bits per heavy atom. The fourth-order valence-electron chi connectivity index (χ4n) is 4.09. The Labute approximate surface area is 201 Å². The van der Waals surface area contributed by atoms with Gasteiger partial charge >= 0.3 is 0 Å². The first-order chi connectivity index (χ1) is 16.4. The van der Waals surface area contributed by atoms with E-state index in [1.165, 1.54) is 16.1 Å². The summed E-state index contributed by atoms with van der Waals surface area (Å²) in [7, 11) is -3.61. The van der Waals surface area contributed by atoms with Crippen molar-refractivity contribution in [2.75, 3.05) is 26.3 Å². The Morgan fingerprint density at radius 2 is 1.88 bits per heavy atom. The van der Waals surface area contributed by atoms with E-state index < -0.39 is 10.0 Å². The van der Waals surface area contributed by atoms with E-state index in [0.29, 0.717) is 55.1 Å². The molecule has 0 spiro atoms. The number of thioether (sulfide) groups is 1. The van der Waals surface area contributed by atoms with Gasteiger partial charge in [0.05, 0.1) is 45.3 Å². The second kappa shape index (κ2) is 9.14. The molecule has 0 amide bonds. The molecule has 1 unspecified atom stereocenters. The minimum absolute atomic E-state index is 0.170. The molecular weight excluding hydrogens is 474 g/mol. The van der Waals surface area contributed by atoms with Crippen LogP contribution in [0.15, 0.2) is 57.3 Å². The quantitative estimate of drug-likeness (QED) is 0.406. The molecule has 178 valence electrons. The number of hydrogen-bond acceptors (Lipinski definition) is 7. The van der Waals surface area contributed by atoms with E-state index in [1.54, 1.807) is 18.2 Å². The Kier molecular flexibility index (Phi) is 6.19. The van der Waals surface area contributed by atoms with Gasteiger partial charge in [-0.1, -0.05) is 23.9 Å². The van der Waals surface area contributed by atoms with Crippen LogP contribution >= 0.6 is 11.8 Å². The van der Waals surface area contributed by atoms with E-state index in [9.17, 15) is 13.2 Å². The lowest BCUT2D eigenvalue weighted by Crippen LogP contribution is -2.40. The zero-order valence-corrected chi connectivity index (χ0v) is 20.5. The molecule has 11 heteroatoms. The molecule has 2 aromatic carbocycles. The molecule has 0 bridgehead atoms. The van der Waals surface area contributed by atoms with E-state index in [4.69, 9.17) is 9.72 Å². The summed E-state index contributed by atoms with van der Waals surface area (Å²) in [6.45, 7) is 6.14. The van der Waals surface area contributed by atoms with Crippen LogP contribution in [-0.4, -0.2) is 58.5 Å². The zero-order chi connectivity index (χ0) is 23.9. The predicted molar refractivity (Wildman–Crippen MR) is 132 cm³/mol. The van der Waals surface area contributed by atoms with Crippen molar-refractivity contribution in [1.82, 2.24) is 23.8 Å². The number of imidazole rings is 1. The molecule has 34 heavy (non-hydrogen) atoms. The van der Waals surface area contributed by atoms with E-state index >= 15 is 0 Å². The van der Waals surface area contributed by atoms with Gasteiger partial charge in [0.2, 0.25) is 10.0 Å². The van der Waals surface area contributed by atoms with Crippen LogP contribution < -0.4 is 5.56 Å². The molecule has 5 rings (SSSR count). The molecule has 3 heterocycles. The lowest BCUT2D eigenvalue weighted by molar-refractivity contribution is 0.0730. The second-order valence-corrected chi connectivity index (χ2v) is 11.3. The lowest BCUT2D eigenvalue weighted by atomic mass is 10.2. The molecular formula is C23H25N5O4S2.